The molecular weight excluding hydrogens is 250 g/mol. The van der Waals surface area contributed by atoms with Crippen LogP contribution in [0.4, 0.5) is 11.7 Å². The van der Waals surface area contributed by atoms with Gasteiger partial charge in [-0.25, -0.2) is 0 Å². The average Bonchev–Trinajstić information content (AvgIpc) is 2.76. The Hall–Kier alpha value is -1.71. The van der Waals surface area contributed by atoms with Crippen molar-refractivity contribution in [2.24, 2.45) is 0 Å². The number of hydrogen-bond donors (Lipinski definition) is 1. The molecule has 0 radical (unpaired) electrons. The number of oxazole rings is 1. The third-order valence-corrected chi connectivity index (χ3v) is 4.42. The zero-order chi connectivity index (χ0) is 13.4. The summed E-state index contributed by atoms with van der Waals surface area (Å²) < 4.78 is 5.99. The first-order chi connectivity index (χ1) is 9.90. The Labute approximate surface area is 119 Å². The highest BCUT2D eigenvalue weighted by molar-refractivity contribution is 5.81. The summed E-state index contributed by atoms with van der Waals surface area (Å²) >= 11 is 0. The van der Waals surface area contributed by atoms with Gasteiger partial charge >= 0.3 is 0 Å². The van der Waals surface area contributed by atoms with Crippen molar-refractivity contribution < 1.29 is 4.42 Å². The van der Waals surface area contributed by atoms with Crippen LogP contribution < -0.4 is 10.2 Å². The molecule has 0 unspecified atom stereocenters. The van der Waals surface area contributed by atoms with Crippen LogP contribution in [0, 0.1) is 0 Å². The van der Waals surface area contributed by atoms with E-state index in [-0.39, 0.29) is 0 Å². The molecule has 1 aromatic carbocycles. The highest BCUT2D eigenvalue weighted by atomic mass is 16.4. The van der Waals surface area contributed by atoms with Gasteiger partial charge in [-0.1, -0.05) is 0 Å². The van der Waals surface area contributed by atoms with Crippen molar-refractivity contribution in [1.29, 1.82) is 0 Å². The van der Waals surface area contributed by atoms with Crippen LogP contribution >= 0.6 is 0 Å². The zero-order valence-corrected chi connectivity index (χ0v) is 11.8. The van der Waals surface area contributed by atoms with Crippen molar-refractivity contribution >= 4 is 22.8 Å². The van der Waals surface area contributed by atoms with E-state index in [2.05, 4.69) is 22.3 Å². The number of nitrogens with one attached hydrogen (secondary N) is 1. The van der Waals surface area contributed by atoms with Crippen LogP contribution in [0.5, 0.6) is 0 Å². The second-order valence-corrected chi connectivity index (χ2v) is 5.91. The van der Waals surface area contributed by atoms with E-state index in [1.165, 1.54) is 43.4 Å². The van der Waals surface area contributed by atoms with E-state index in [9.17, 15) is 0 Å². The summed E-state index contributed by atoms with van der Waals surface area (Å²) in [7, 11) is 0. The molecule has 0 bridgehead atoms. The Morgan fingerprint density at radius 1 is 1.05 bits per heavy atom. The largest absolute Gasteiger partial charge is 0.423 e. The molecule has 1 saturated heterocycles. The fourth-order valence-corrected chi connectivity index (χ4v) is 3.26. The molecule has 0 amide bonds. The van der Waals surface area contributed by atoms with Gasteiger partial charge in [-0.2, -0.15) is 4.98 Å². The summed E-state index contributed by atoms with van der Waals surface area (Å²) in [5, 5.41) is 3.50. The van der Waals surface area contributed by atoms with E-state index < -0.39 is 0 Å². The van der Waals surface area contributed by atoms with E-state index in [1.54, 1.807) is 0 Å². The minimum absolute atomic E-state index is 0.805. The van der Waals surface area contributed by atoms with Crippen LogP contribution in [-0.4, -0.2) is 24.6 Å². The van der Waals surface area contributed by atoms with Crippen LogP contribution in [0.15, 0.2) is 16.5 Å². The van der Waals surface area contributed by atoms with Gasteiger partial charge in [0.2, 0.25) is 0 Å². The van der Waals surface area contributed by atoms with Gasteiger partial charge in [0, 0.05) is 31.4 Å². The van der Waals surface area contributed by atoms with Crippen molar-refractivity contribution in [2.75, 3.05) is 29.9 Å². The fourth-order valence-electron chi connectivity index (χ4n) is 3.26. The second-order valence-electron chi connectivity index (χ2n) is 5.91. The van der Waals surface area contributed by atoms with Crippen LogP contribution in [0.2, 0.25) is 0 Å². The minimum atomic E-state index is 0.805. The summed E-state index contributed by atoms with van der Waals surface area (Å²) in [6.45, 7) is 3.21. The third-order valence-electron chi connectivity index (χ3n) is 4.42. The maximum atomic E-state index is 5.99. The number of aromatic nitrogens is 1. The molecule has 3 heterocycles. The third kappa shape index (κ3) is 2.13. The van der Waals surface area contributed by atoms with Gasteiger partial charge in [0.15, 0.2) is 5.58 Å². The van der Waals surface area contributed by atoms with Crippen molar-refractivity contribution in [3.05, 3.63) is 17.7 Å². The van der Waals surface area contributed by atoms with Gasteiger partial charge in [-0.3, -0.25) is 0 Å². The molecule has 2 aliphatic heterocycles. The zero-order valence-electron chi connectivity index (χ0n) is 11.8. The number of nitrogens with zero attached hydrogens (tertiary/aromatic N) is 2. The molecule has 0 atom stereocenters. The Kier molecular flexibility index (Phi) is 3.02. The number of fused-ring (bicyclic) bond motifs is 2. The van der Waals surface area contributed by atoms with Gasteiger partial charge in [0.05, 0.1) is 0 Å². The highest BCUT2D eigenvalue weighted by Gasteiger charge is 2.18. The number of rotatable bonds is 1. The molecule has 4 heteroatoms. The van der Waals surface area contributed by atoms with Gasteiger partial charge in [0.1, 0.15) is 5.52 Å². The van der Waals surface area contributed by atoms with Crippen LogP contribution in [0.1, 0.15) is 37.7 Å². The molecule has 0 spiro atoms. The fraction of sp³-hybridized carbons (Fsp3) is 0.562. The van der Waals surface area contributed by atoms with E-state index in [0.29, 0.717) is 0 Å². The van der Waals surface area contributed by atoms with Gasteiger partial charge in [0.25, 0.3) is 6.01 Å². The highest BCUT2D eigenvalue weighted by Crippen LogP contribution is 2.30. The lowest BCUT2D eigenvalue weighted by Gasteiger charge is -2.24. The quantitative estimate of drug-likeness (QED) is 0.861. The number of hydrogen-bond acceptors (Lipinski definition) is 4. The van der Waals surface area contributed by atoms with E-state index in [1.807, 2.05) is 0 Å². The topological polar surface area (TPSA) is 41.3 Å². The lowest BCUT2D eigenvalue weighted by atomic mass is 10.1. The summed E-state index contributed by atoms with van der Waals surface area (Å²) in [5.41, 5.74) is 4.54. The predicted octanol–water partition coefficient (Wildman–Crippen LogP) is 3.57. The summed E-state index contributed by atoms with van der Waals surface area (Å²) in [6, 6.07) is 5.15. The number of aryl methyl sites for hydroxylation is 1. The van der Waals surface area contributed by atoms with E-state index in [4.69, 9.17) is 9.40 Å². The molecule has 4 rings (SSSR count). The first-order valence-electron chi connectivity index (χ1n) is 7.82. The van der Waals surface area contributed by atoms with E-state index in [0.717, 1.165) is 43.2 Å². The molecule has 0 saturated carbocycles. The molecule has 0 aliphatic carbocycles. The van der Waals surface area contributed by atoms with Gasteiger partial charge in [-0.15, -0.1) is 0 Å². The normalized spacial score (nSPS) is 19.5. The average molecular weight is 271 g/mol. The molecule has 1 aromatic heterocycles. The minimum Gasteiger partial charge on any atom is -0.423 e. The molecule has 1 N–H and O–H groups in total. The van der Waals surface area contributed by atoms with Gasteiger partial charge in [-0.05, 0) is 50.2 Å². The lowest BCUT2D eigenvalue weighted by molar-refractivity contribution is 0.509. The second kappa shape index (κ2) is 5.00. The molecule has 4 nitrogen and oxygen atoms in total. The molecule has 20 heavy (non-hydrogen) atoms. The first-order valence-corrected chi connectivity index (χ1v) is 7.82. The maximum absolute atomic E-state index is 5.99. The van der Waals surface area contributed by atoms with Crippen molar-refractivity contribution in [3.63, 3.8) is 0 Å². The monoisotopic (exact) mass is 271 g/mol. The number of piperidine rings is 1. The summed E-state index contributed by atoms with van der Waals surface area (Å²) in [6.07, 6.45) is 7.46. The molecule has 106 valence electrons. The first kappa shape index (κ1) is 12.1. The molecule has 1 fully saturated rings. The van der Waals surface area contributed by atoms with Gasteiger partial charge < -0.3 is 14.6 Å². The Bertz CT molecular complexity index is 570. The van der Waals surface area contributed by atoms with Crippen molar-refractivity contribution in [2.45, 2.75) is 38.5 Å². The number of anilines is 2. The van der Waals surface area contributed by atoms with E-state index >= 15 is 0 Å². The summed E-state index contributed by atoms with van der Waals surface area (Å²) in [4.78, 5) is 6.99. The molecule has 2 aliphatic rings. The maximum Gasteiger partial charge on any atom is 0.298 e. The number of benzene rings is 1. The van der Waals surface area contributed by atoms with Crippen LogP contribution in [0.25, 0.3) is 11.1 Å². The predicted molar refractivity (Wildman–Crippen MR) is 81.5 cm³/mol. The Morgan fingerprint density at radius 2 is 1.95 bits per heavy atom. The Morgan fingerprint density at radius 3 is 2.85 bits per heavy atom. The molecule has 2 aromatic rings. The molecular formula is C16H21N3O. The lowest BCUT2D eigenvalue weighted by Crippen LogP contribution is -2.29. The summed E-state index contributed by atoms with van der Waals surface area (Å²) in [5.74, 6) is 0. The van der Waals surface area contributed by atoms with Crippen LogP contribution in [0.3, 0.4) is 0 Å². The standard InChI is InChI=1S/C16H21N3O/c1-4-8-19(9-5-1)16-18-14-10-12-6-2-3-7-17-13(12)11-15(14)20-16/h10-11,17H,1-9H2. The smallest absolute Gasteiger partial charge is 0.298 e. The van der Waals surface area contributed by atoms with Crippen molar-refractivity contribution in [3.8, 4) is 0 Å². The van der Waals surface area contributed by atoms with Crippen molar-refractivity contribution in [1.82, 2.24) is 4.98 Å². The Balaban J connectivity index is 1.72. The van der Waals surface area contributed by atoms with Crippen LogP contribution in [-0.2, 0) is 6.42 Å². The SMILES string of the molecule is c1c2c(cc3oc(N4CCCCC4)nc13)NCCCC2.